The zero-order chi connectivity index (χ0) is 22.6. The molecule has 0 aliphatic carbocycles. The average molecular weight is 459 g/mol. The molecule has 31 heavy (non-hydrogen) atoms. The lowest BCUT2D eigenvalue weighted by Gasteiger charge is -2.14. The maximum absolute atomic E-state index is 13.1. The van der Waals surface area contributed by atoms with E-state index in [0.717, 1.165) is 23.9 Å². The largest absolute Gasteiger partial charge is 0.418 e. The van der Waals surface area contributed by atoms with Gasteiger partial charge in [-0.3, -0.25) is 4.79 Å². The summed E-state index contributed by atoms with van der Waals surface area (Å²) in [7, 11) is 0. The molecular formula is C20H12F3N5OS2. The second-order valence-electron chi connectivity index (χ2n) is 6.01. The van der Waals surface area contributed by atoms with Crippen molar-refractivity contribution in [1.82, 2.24) is 4.98 Å². The van der Waals surface area contributed by atoms with E-state index in [4.69, 9.17) is 5.73 Å². The second kappa shape index (κ2) is 9.08. The number of para-hydroxylation sites is 1. The predicted molar refractivity (Wildman–Crippen MR) is 112 cm³/mol. The Labute approximate surface area is 183 Å². The van der Waals surface area contributed by atoms with E-state index >= 15 is 0 Å². The van der Waals surface area contributed by atoms with Crippen LogP contribution in [0.5, 0.6) is 0 Å². The highest BCUT2D eigenvalue weighted by atomic mass is 32.2. The number of nitrogen functional groups attached to an aromatic ring is 1. The molecule has 0 aliphatic heterocycles. The van der Waals surface area contributed by atoms with Crippen molar-refractivity contribution in [3.8, 4) is 22.6 Å². The molecule has 0 spiro atoms. The van der Waals surface area contributed by atoms with Gasteiger partial charge in [0.05, 0.1) is 22.6 Å². The maximum Gasteiger partial charge on any atom is 0.418 e. The normalized spacial score (nSPS) is 10.9. The minimum Gasteiger partial charge on any atom is -0.383 e. The molecule has 0 atom stereocenters. The number of alkyl halides is 3. The first-order valence-electron chi connectivity index (χ1n) is 8.52. The van der Waals surface area contributed by atoms with Crippen LogP contribution in [0.15, 0.2) is 46.8 Å². The summed E-state index contributed by atoms with van der Waals surface area (Å²) < 4.78 is 39.3. The van der Waals surface area contributed by atoms with Crippen molar-refractivity contribution in [2.75, 3.05) is 16.8 Å². The molecule has 1 aromatic carbocycles. The molecule has 0 unspecified atom stereocenters. The van der Waals surface area contributed by atoms with E-state index in [0.29, 0.717) is 10.4 Å². The number of halogens is 3. The lowest BCUT2D eigenvalue weighted by Crippen LogP contribution is -2.18. The summed E-state index contributed by atoms with van der Waals surface area (Å²) in [4.78, 5) is 17.0. The fraction of sp³-hybridized carbons (Fsp3) is 0.100. The summed E-state index contributed by atoms with van der Waals surface area (Å²) in [5.41, 5.74) is 4.99. The van der Waals surface area contributed by atoms with Gasteiger partial charge in [0, 0.05) is 10.4 Å². The van der Waals surface area contributed by atoms with Crippen LogP contribution >= 0.6 is 23.1 Å². The van der Waals surface area contributed by atoms with Crippen LogP contribution in [0, 0.1) is 22.7 Å². The summed E-state index contributed by atoms with van der Waals surface area (Å²) in [5.74, 6) is -1.13. The van der Waals surface area contributed by atoms with Crippen molar-refractivity contribution >= 4 is 40.5 Å². The molecular weight excluding hydrogens is 447 g/mol. The van der Waals surface area contributed by atoms with Gasteiger partial charge in [-0.1, -0.05) is 30.0 Å². The molecule has 0 saturated carbocycles. The van der Waals surface area contributed by atoms with Gasteiger partial charge in [-0.2, -0.15) is 23.7 Å². The van der Waals surface area contributed by atoms with Gasteiger partial charge in [-0.25, -0.2) is 4.98 Å². The third-order valence-electron chi connectivity index (χ3n) is 4.03. The lowest BCUT2D eigenvalue weighted by atomic mass is 10.0. The first-order valence-corrected chi connectivity index (χ1v) is 10.4. The predicted octanol–water partition coefficient (Wildman–Crippen LogP) is 4.89. The molecule has 2 aromatic heterocycles. The number of aromatic nitrogens is 1. The number of hydrogen-bond acceptors (Lipinski definition) is 7. The highest BCUT2D eigenvalue weighted by molar-refractivity contribution is 8.00. The number of pyridine rings is 1. The molecule has 0 bridgehead atoms. The topological polar surface area (TPSA) is 116 Å². The number of carbonyl (C=O) groups excluding carboxylic acids is 1. The maximum atomic E-state index is 13.1. The Balaban J connectivity index is 1.87. The number of anilines is 2. The molecule has 0 saturated heterocycles. The first kappa shape index (κ1) is 22.2. The summed E-state index contributed by atoms with van der Waals surface area (Å²) in [5, 5.41) is 23.2. The standard InChI is InChI=1S/C20H12F3N5OS2/c21-20(22,23)13-4-1-2-5-14(13)27-16(29)10-31-19-12(9-25)17(15-6-3-7-30-15)11(8-24)18(26)28-19/h1-7H,10H2,(H2,26,28)(H,27,29). The fourth-order valence-electron chi connectivity index (χ4n) is 2.73. The van der Waals surface area contributed by atoms with Crippen molar-refractivity contribution in [3.63, 3.8) is 0 Å². The third kappa shape index (κ3) is 4.79. The molecule has 0 aliphatic rings. The van der Waals surface area contributed by atoms with Gasteiger partial charge < -0.3 is 11.1 Å². The summed E-state index contributed by atoms with van der Waals surface area (Å²) in [6, 6.07) is 12.0. The van der Waals surface area contributed by atoms with Crippen LogP contribution in [0.2, 0.25) is 0 Å². The zero-order valence-corrected chi connectivity index (χ0v) is 17.2. The highest BCUT2D eigenvalue weighted by Crippen LogP contribution is 2.38. The number of amides is 1. The second-order valence-corrected chi connectivity index (χ2v) is 7.92. The van der Waals surface area contributed by atoms with E-state index in [1.807, 2.05) is 12.1 Å². The molecule has 0 fully saturated rings. The first-order chi connectivity index (χ1) is 14.8. The summed E-state index contributed by atoms with van der Waals surface area (Å²) in [6.07, 6.45) is -4.62. The minimum atomic E-state index is -4.62. The van der Waals surface area contributed by atoms with Crippen molar-refractivity contribution in [1.29, 1.82) is 10.5 Å². The van der Waals surface area contributed by atoms with E-state index in [-0.39, 0.29) is 33.4 Å². The van der Waals surface area contributed by atoms with E-state index < -0.39 is 17.6 Å². The van der Waals surface area contributed by atoms with Gasteiger partial charge in [-0.15, -0.1) is 11.3 Å². The number of thioether (sulfide) groups is 1. The van der Waals surface area contributed by atoms with Crippen LogP contribution in [0.3, 0.4) is 0 Å². The summed E-state index contributed by atoms with van der Waals surface area (Å²) in [6.45, 7) is 0. The average Bonchev–Trinajstić information content (AvgIpc) is 3.25. The van der Waals surface area contributed by atoms with E-state index in [1.54, 1.807) is 17.5 Å². The van der Waals surface area contributed by atoms with Crippen LogP contribution in [0.25, 0.3) is 10.4 Å². The Morgan fingerprint density at radius 3 is 2.48 bits per heavy atom. The number of nitrogens with zero attached hydrogens (tertiary/aromatic N) is 3. The Kier molecular flexibility index (Phi) is 6.49. The molecule has 0 radical (unpaired) electrons. The van der Waals surface area contributed by atoms with Crippen LogP contribution in [-0.2, 0) is 11.0 Å². The lowest BCUT2D eigenvalue weighted by molar-refractivity contribution is -0.137. The van der Waals surface area contributed by atoms with Gasteiger partial charge in [0.15, 0.2) is 0 Å². The fourth-order valence-corrected chi connectivity index (χ4v) is 4.31. The van der Waals surface area contributed by atoms with Crippen LogP contribution < -0.4 is 11.1 Å². The molecule has 2 heterocycles. The Morgan fingerprint density at radius 2 is 1.87 bits per heavy atom. The monoisotopic (exact) mass is 459 g/mol. The highest BCUT2D eigenvalue weighted by Gasteiger charge is 2.33. The Morgan fingerprint density at radius 1 is 1.16 bits per heavy atom. The number of nitrogens with one attached hydrogen (secondary N) is 1. The Bertz CT molecular complexity index is 1210. The quantitative estimate of drug-likeness (QED) is 0.525. The van der Waals surface area contributed by atoms with Gasteiger partial charge >= 0.3 is 6.18 Å². The molecule has 11 heteroatoms. The minimum absolute atomic E-state index is 0.0481. The van der Waals surface area contributed by atoms with Gasteiger partial charge in [0.1, 0.15) is 28.5 Å². The van der Waals surface area contributed by atoms with E-state index in [2.05, 4.69) is 10.3 Å². The molecule has 6 nitrogen and oxygen atoms in total. The van der Waals surface area contributed by atoms with Gasteiger partial charge in [0.2, 0.25) is 5.91 Å². The number of nitriles is 2. The van der Waals surface area contributed by atoms with Crippen molar-refractivity contribution in [2.24, 2.45) is 0 Å². The number of rotatable bonds is 5. The van der Waals surface area contributed by atoms with E-state index in [1.165, 1.54) is 23.5 Å². The number of thiophene rings is 1. The smallest absolute Gasteiger partial charge is 0.383 e. The Hall–Kier alpha value is -3.54. The SMILES string of the molecule is N#Cc1c(N)nc(SCC(=O)Nc2ccccc2C(F)(F)F)c(C#N)c1-c1cccs1. The van der Waals surface area contributed by atoms with E-state index in [9.17, 15) is 28.5 Å². The number of benzene rings is 1. The number of hydrogen-bond donors (Lipinski definition) is 2. The van der Waals surface area contributed by atoms with Crippen molar-refractivity contribution in [2.45, 2.75) is 11.2 Å². The molecule has 3 rings (SSSR count). The van der Waals surface area contributed by atoms with Crippen molar-refractivity contribution < 1.29 is 18.0 Å². The molecule has 156 valence electrons. The van der Waals surface area contributed by atoms with Crippen molar-refractivity contribution in [3.05, 3.63) is 58.5 Å². The summed E-state index contributed by atoms with van der Waals surface area (Å²) >= 11 is 2.15. The van der Waals surface area contributed by atoms with Crippen LogP contribution in [0.1, 0.15) is 16.7 Å². The number of nitrogens with two attached hydrogens (primary N) is 1. The number of carbonyl (C=O) groups is 1. The molecule has 3 N–H and O–H groups in total. The van der Waals surface area contributed by atoms with Crippen LogP contribution in [0.4, 0.5) is 24.7 Å². The van der Waals surface area contributed by atoms with Gasteiger partial charge in [0.25, 0.3) is 0 Å². The molecule has 1 amide bonds. The zero-order valence-electron chi connectivity index (χ0n) is 15.5. The van der Waals surface area contributed by atoms with Gasteiger partial charge in [-0.05, 0) is 23.6 Å². The third-order valence-corrected chi connectivity index (χ3v) is 5.89. The van der Waals surface area contributed by atoms with Crippen LogP contribution in [-0.4, -0.2) is 16.6 Å². The molecule has 3 aromatic rings.